The number of carbonyl (C=O) groups is 3. The third kappa shape index (κ3) is 3.91. The van der Waals surface area contributed by atoms with Gasteiger partial charge in [-0.2, -0.15) is 0 Å². The van der Waals surface area contributed by atoms with Gasteiger partial charge in [0.1, 0.15) is 17.9 Å². The molecule has 0 radical (unpaired) electrons. The number of benzene rings is 1. The standard InChI is InChI=1S/C14H16N2O5S/c1-21-11-3-2-9(4-10(11)14(19)20)5-15-12(17)6-16-8-22-7-13(16)18/h2-4H,5-8H2,1H3,(H,15,17)(H,19,20). The van der Waals surface area contributed by atoms with Gasteiger partial charge in [0.05, 0.1) is 18.7 Å². The van der Waals surface area contributed by atoms with Crippen molar-refractivity contribution in [3.8, 4) is 5.75 Å². The van der Waals surface area contributed by atoms with Crippen LogP contribution < -0.4 is 10.1 Å². The Hall–Kier alpha value is -2.22. The molecular formula is C14H16N2O5S. The number of carbonyl (C=O) groups excluding carboxylic acids is 2. The van der Waals surface area contributed by atoms with E-state index in [4.69, 9.17) is 9.84 Å². The molecule has 2 rings (SSSR count). The van der Waals surface area contributed by atoms with Crippen LogP contribution in [0.3, 0.4) is 0 Å². The van der Waals surface area contributed by atoms with Crippen LogP contribution in [0.15, 0.2) is 18.2 Å². The number of hydrogen-bond acceptors (Lipinski definition) is 5. The van der Waals surface area contributed by atoms with Crippen molar-refractivity contribution in [1.82, 2.24) is 10.2 Å². The Morgan fingerprint density at radius 2 is 2.23 bits per heavy atom. The van der Waals surface area contributed by atoms with Crippen molar-refractivity contribution in [1.29, 1.82) is 0 Å². The van der Waals surface area contributed by atoms with Gasteiger partial charge in [-0.05, 0) is 17.7 Å². The molecule has 0 unspecified atom stereocenters. The molecule has 8 heteroatoms. The van der Waals surface area contributed by atoms with E-state index in [0.29, 0.717) is 17.2 Å². The van der Waals surface area contributed by atoms with Gasteiger partial charge in [-0.15, -0.1) is 11.8 Å². The SMILES string of the molecule is COc1ccc(CNC(=O)CN2CSCC2=O)cc1C(=O)O. The first kappa shape index (κ1) is 16.2. The molecule has 0 aromatic heterocycles. The van der Waals surface area contributed by atoms with Gasteiger partial charge in [0.25, 0.3) is 0 Å². The summed E-state index contributed by atoms with van der Waals surface area (Å²) in [6, 6.07) is 4.69. The molecule has 0 bridgehead atoms. The number of carboxylic acid groups (broad SMARTS) is 1. The quantitative estimate of drug-likeness (QED) is 0.793. The lowest BCUT2D eigenvalue weighted by Gasteiger charge is -2.14. The zero-order chi connectivity index (χ0) is 16.1. The first-order chi connectivity index (χ1) is 10.5. The van der Waals surface area contributed by atoms with Gasteiger partial charge >= 0.3 is 5.97 Å². The topological polar surface area (TPSA) is 95.9 Å². The predicted molar refractivity (Wildman–Crippen MR) is 80.8 cm³/mol. The Morgan fingerprint density at radius 1 is 1.45 bits per heavy atom. The molecular weight excluding hydrogens is 308 g/mol. The number of nitrogens with one attached hydrogen (secondary N) is 1. The number of methoxy groups -OCH3 is 1. The summed E-state index contributed by atoms with van der Waals surface area (Å²) in [5.74, 6) is -0.209. The zero-order valence-electron chi connectivity index (χ0n) is 12.0. The molecule has 0 aliphatic carbocycles. The van der Waals surface area contributed by atoms with E-state index in [-0.39, 0.29) is 36.2 Å². The predicted octanol–water partition coefficient (Wildman–Crippen LogP) is 0.542. The number of carboxylic acids is 1. The van der Waals surface area contributed by atoms with Gasteiger partial charge in [-0.25, -0.2) is 4.79 Å². The summed E-state index contributed by atoms with van der Waals surface area (Å²) in [6.07, 6.45) is 0. The van der Waals surface area contributed by atoms with Crippen LogP contribution in [0.1, 0.15) is 15.9 Å². The molecule has 7 nitrogen and oxygen atoms in total. The summed E-state index contributed by atoms with van der Waals surface area (Å²) in [7, 11) is 1.40. The molecule has 22 heavy (non-hydrogen) atoms. The van der Waals surface area contributed by atoms with Crippen molar-refractivity contribution in [2.24, 2.45) is 0 Å². The second-order valence-electron chi connectivity index (χ2n) is 4.69. The van der Waals surface area contributed by atoms with Gasteiger partial charge in [0.15, 0.2) is 0 Å². The first-order valence-electron chi connectivity index (χ1n) is 6.53. The van der Waals surface area contributed by atoms with Gasteiger partial charge in [0.2, 0.25) is 11.8 Å². The maximum absolute atomic E-state index is 11.8. The van der Waals surface area contributed by atoms with Crippen molar-refractivity contribution >= 4 is 29.5 Å². The van der Waals surface area contributed by atoms with Gasteiger partial charge in [0, 0.05) is 6.54 Å². The maximum atomic E-state index is 11.8. The number of hydrogen-bond donors (Lipinski definition) is 2. The normalized spacial score (nSPS) is 14.0. The number of thioether (sulfide) groups is 1. The van der Waals surface area contributed by atoms with E-state index in [2.05, 4.69) is 5.32 Å². The fourth-order valence-electron chi connectivity index (χ4n) is 2.00. The third-order valence-electron chi connectivity index (χ3n) is 3.14. The Balaban J connectivity index is 1.93. The van der Waals surface area contributed by atoms with Crippen molar-refractivity contribution in [3.63, 3.8) is 0 Å². The lowest BCUT2D eigenvalue weighted by molar-refractivity contribution is -0.132. The molecule has 1 aliphatic rings. The van der Waals surface area contributed by atoms with Crippen LogP contribution in [0.5, 0.6) is 5.75 Å². The second-order valence-corrected chi connectivity index (χ2v) is 5.64. The van der Waals surface area contributed by atoms with Crippen LogP contribution >= 0.6 is 11.8 Å². The molecule has 0 saturated carbocycles. The van der Waals surface area contributed by atoms with Gasteiger partial charge < -0.3 is 20.1 Å². The van der Waals surface area contributed by atoms with Gasteiger partial charge in [-0.1, -0.05) is 6.07 Å². The summed E-state index contributed by atoms with van der Waals surface area (Å²) in [6.45, 7) is 0.214. The fraction of sp³-hybridized carbons (Fsp3) is 0.357. The largest absolute Gasteiger partial charge is 0.496 e. The summed E-state index contributed by atoms with van der Waals surface area (Å²) >= 11 is 1.47. The zero-order valence-corrected chi connectivity index (χ0v) is 12.8. The lowest BCUT2D eigenvalue weighted by Crippen LogP contribution is -2.37. The van der Waals surface area contributed by atoms with E-state index >= 15 is 0 Å². The minimum atomic E-state index is -1.09. The molecule has 1 aromatic carbocycles. The summed E-state index contributed by atoms with van der Waals surface area (Å²) in [5.41, 5.74) is 0.689. The smallest absolute Gasteiger partial charge is 0.339 e. The summed E-state index contributed by atoms with van der Waals surface area (Å²) in [4.78, 5) is 35.8. The molecule has 118 valence electrons. The van der Waals surface area contributed by atoms with E-state index in [1.807, 2.05) is 0 Å². The Morgan fingerprint density at radius 3 is 2.82 bits per heavy atom. The minimum absolute atomic E-state index is 0.0216. The Kier molecular flexibility index (Phi) is 5.26. The monoisotopic (exact) mass is 324 g/mol. The van der Waals surface area contributed by atoms with Crippen LogP contribution in [0, 0.1) is 0 Å². The van der Waals surface area contributed by atoms with Crippen molar-refractivity contribution < 1.29 is 24.2 Å². The Bertz CT molecular complexity index is 605. The van der Waals surface area contributed by atoms with E-state index in [0.717, 1.165) is 0 Å². The fourth-order valence-corrected chi connectivity index (χ4v) is 2.91. The average Bonchev–Trinajstić information content (AvgIpc) is 2.90. The molecule has 0 atom stereocenters. The molecule has 0 spiro atoms. The molecule has 1 fully saturated rings. The van der Waals surface area contributed by atoms with Crippen LogP contribution in [-0.4, -0.2) is 53.1 Å². The van der Waals surface area contributed by atoms with Crippen molar-refractivity contribution in [2.45, 2.75) is 6.54 Å². The number of amides is 2. The third-order valence-corrected chi connectivity index (χ3v) is 4.09. The molecule has 2 N–H and O–H groups in total. The molecule has 2 amide bonds. The van der Waals surface area contributed by atoms with E-state index < -0.39 is 5.97 Å². The highest BCUT2D eigenvalue weighted by Crippen LogP contribution is 2.20. The van der Waals surface area contributed by atoms with Crippen LogP contribution in [0.4, 0.5) is 0 Å². The van der Waals surface area contributed by atoms with Gasteiger partial charge in [-0.3, -0.25) is 9.59 Å². The van der Waals surface area contributed by atoms with Crippen LogP contribution in [-0.2, 0) is 16.1 Å². The molecule has 1 aromatic rings. The first-order valence-corrected chi connectivity index (χ1v) is 7.69. The number of ether oxygens (including phenoxy) is 1. The van der Waals surface area contributed by atoms with E-state index in [1.165, 1.54) is 29.8 Å². The summed E-state index contributed by atoms with van der Waals surface area (Å²) < 4.78 is 4.97. The van der Waals surface area contributed by atoms with Crippen LogP contribution in [0.25, 0.3) is 0 Å². The Labute approximate surface area is 131 Å². The highest BCUT2D eigenvalue weighted by molar-refractivity contribution is 8.00. The molecule has 1 heterocycles. The minimum Gasteiger partial charge on any atom is -0.496 e. The van der Waals surface area contributed by atoms with Crippen molar-refractivity contribution in [3.05, 3.63) is 29.3 Å². The number of aromatic carboxylic acids is 1. The highest BCUT2D eigenvalue weighted by atomic mass is 32.2. The highest BCUT2D eigenvalue weighted by Gasteiger charge is 2.22. The van der Waals surface area contributed by atoms with Crippen molar-refractivity contribution in [2.75, 3.05) is 25.3 Å². The number of nitrogens with zero attached hydrogens (tertiary/aromatic N) is 1. The maximum Gasteiger partial charge on any atom is 0.339 e. The molecule has 1 aliphatic heterocycles. The van der Waals surface area contributed by atoms with E-state index in [9.17, 15) is 14.4 Å². The van der Waals surface area contributed by atoms with Crippen LogP contribution in [0.2, 0.25) is 0 Å². The second kappa shape index (κ2) is 7.17. The van der Waals surface area contributed by atoms with E-state index in [1.54, 1.807) is 12.1 Å². The summed E-state index contributed by atoms with van der Waals surface area (Å²) in [5, 5.41) is 11.8. The number of rotatable bonds is 6. The average molecular weight is 324 g/mol. The molecule has 1 saturated heterocycles. The lowest BCUT2D eigenvalue weighted by atomic mass is 10.1.